The van der Waals surface area contributed by atoms with E-state index in [9.17, 15) is 19.2 Å². The van der Waals surface area contributed by atoms with Gasteiger partial charge < -0.3 is 71.0 Å². The zero-order chi connectivity index (χ0) is 102. The van der Waals surface area contributed by atoms with Crippen molar-refractivity contribution in [2.75, 3.05) is 204 Å². The first-order valence-electron chi connectivity index (χ1n) is 60.1. The number of carbonyl (C=O) groups is 4. The molecule has 0 radical (unpaired) electrons. The molecule has 4 amide bonds. The molecule has 141 heavy (non-hydrogen) atoms. The van der Waals surface area contributed by atoms with Crippen LogP contribution in [0.4, 0.5) is 0 Å². The number of nitrogens with zero attached hydrogens (tertiary/aromatic N) is 3. The summed E-state index contributed by atoms with van der Waals surface area (Å²) in [5, 5.41) is 31.4. The molecule has 0 aliphatic heterocycles. The molecule has 25 nitrogen and oxygen atoms in total. The van der Waals surface area contributed by atoms with Crippen LogP contribution in [-0.4, -0.2) is 244 Å². The van der Waals surface area contributed by atoms with Gasteiger partial charge in [-0.25, -0.2) is 0 Å². The van der Waals surface area contributed by atoms with Gasteiger partial charge in [0.2, 0.25) is 23.6 Å². The van der Waals surface area contributed by atoms with Crippen molar-refractivity contribution in [1.29, 1.82) is 0 Å². The number of nitrogens with one attached hydrogen (secondary N) is 10. The average Bonchev–Trinajstić information content (AvgIpc) is 0.967. The predicted octanol–water partition coefficient (Wildman–Crippen LogP) is 23.9. The molecule has 0 spiro atoms. The van der Waals surface area contributed by atoms with E-state index in [1.54, 1.807) is 0 Å². The first-order valence-corrected chi connectivity index (χ1v) is 60.1. The molecule has 14 N–H and O–H groups in total. The summed E-state index contributed by atoms with van der Waals surface area (Å²) in [7, 11) is 0. The minimum Gasteiger partial charge on any atom is -0.366 e. The van der Waals surface area contributed by atoms with E-state index in [0.29, 0.717) is 171 Å². The molecule has 0 saturated carbocycles. The molecule has 0 saturated heterocycles. The van der Waals surface area contributed by atoms with Crippen LogP contribution in [0.25, 0.3) is 0 Å². The third kappa shape index (κ3) is 132. The van der Waals surface area contributed by atoms with Crippen LogP contribution in [-0.2, 0) is 47.6 Å². The van der Waals surface area contributed by atoms with E-state index in [2.05, 4.69) is 140 Å². The summed E-state index contributed by atoms with van der Waals surface area (Å²) in [6, 6.07) is 0. The Morgan fingerprint density at radius 1 is 0.220 bits per heavy atom. The van der Waals surface area contributed by atoms with Gasteiger partial charge in [0, 0.05) is 177 Å². The smallest absolute Gasteiger partial charge is 0.221 e. The van der Waals surface area contributed by atoms with Crippen LogP contribution in [0.15, 0.2) is 29.3 Å². The highest BCUT2D eigenvalue weighted by Gasteiger charge is 2.14. The number of carbonyl (C=O) groups excluding carboxylic acids is 4. The molecular weight excluding hydrogens is 1760 g/mol. The Bertz CT molecular complexity index is 2370. The zero-order valence-electron chi connectivity index (χ0n) is 93.9. The number of hydrogen-bond acceptors (Lipinski definition) is 21. The lowest BCUT2D eigenvalue weighted by atomic mass is 10.1. The molecule has 0 atom stereocenters. The fourth-order valence-corrected chi connectivity index (χ4v) is 16.5. The van der Waals surface area contributed by atoms with Gasteiger partial charge in [0.05, 0.1) is 46.9 Å². The molecule has 0 aliphatic carbocycles. The van der Waals surface area contributed by atoms with E-state index >= 15 is 0 Å². The second-order valence-corrected chi connectivity index (χ2v) is 39.4. The minimum atomic E-state index is 0.00924. The number of hydrogen-bond donors (Lipinski definition) is 12. The second kappa shape index (κ2) is 132. The first-order chi connectivity index (χ1) is 69.7. The van der Waals surface area contributed by atoms with Gasteiger partial charge in [-0.05, 0) is 115 Å². The Labute approximate surface area is 871 Å². The van der Waals surface area contributed by atoms with Crippen LogP contribution in [0, 0.1) is 0 Å². The molecule has 0 aliphatic rings. The predicted molar refractivity (Wildman–Crippen MR) is 605 cm³/mol. The maximum absolute atomic E-state index is 12.3. The van der Waals surface area contributed by atoms with Gasteiger partial charge in [-0.3, -0.25) is 56.1 Å². The summed E-state index contributed by atoms with van der Waals surface area (Å²) in [6.07, 6.45) is 100. The Kier molecular flexibility index (Phi) is 133. The van der Waals surface area contributed by atoms with Crippen LogP contribution in [0.1, 0.15) is 491 Å². The van der Waals surface area contributed by atoms with Crippen molar-refractivity contribution < 1.29 is 47.6 Å². The van der Waals surface area contributed by atoms with Crippen LogP contribution < -0.4 is 64.6 Å². The second-order valence-electron chi connectivity index (χ2n) is 39.4. The SMILES string of the molecule is CCCCCCCC/C=C\CCCCCCCOCNCCN=CCCCNCOCCCCC/C=C\CCCCCCCC.CCCCCCCCCCCCCOCNCCNC(=O)CCN(CCN)CCC(=O)NCCNCOCCCCCCCCCCCCC.CCCCCCCCCCCOCNCCNC(=O)CCN(CCN)CCC(=O)NCCNCOCCCCCCCCCCC. The highest BCUT2D eigenvalue weighted by atomic mass is 16.5. The van der Waals surface area contributed by atoms with Crippen molar-refractivity contribution in [3.05, 3.63) is 24.3 Å². The zero-order valence-corrected chi connectivity index (χ0v) is 93.9. The first kappa shape index (κ1) is 142. The summed E-state index contributed by atoms with van der Waals surface area (Å²) >= 11 is 0. The van der Waals surface area contributed by atoms with E-state index in [1.807, 2.05) is 0 Å². The quantitative estimate of drug-likeness (QED) is 0.0117. The Morgan fingerprint density at radius 3 is 0.631 bits per heavy atom. The Morgan fingerprint density at radius 2 is 0.411 bits per heavy atom. The van der Waals surface area contributed by atoms with Gasteiger partial charge >= 0.3 is 0 Å². The number of rotatable bonds is 119. The third-order valence-electron chi connectivity index (χ3n) is 25.6. The van der Waals surface area contributed by atoms with E-state index in [1.165, 1.54) is 379 Å². The summed E-state index contributed by atoms with van der Waals surface area (Å²) in [5.41, 5.74) is 11.5. The topological polar surface area (TPSA) is 315 Å². The molecule has 0 heterocycles. The summed E-state index contributed by atoms with van der Waals surface area (Å²) < 4.78 is 34.0. The van der Waals surface area contributed by atoms with Gasteiger partial charge in [0.1, 0.15) is 0 Å². The number of unbranched alkanes of at least 4 members (excludes halogenated alkanes) is 57. The number of ether oxygens (including phenoxy) is 6. The molecule has 0 unspecified atom stereocenters. The monoisotopic (exact) mass is 2000 g/mol. The van der Waals surface area contributed by atoms with Gasteiger partial charge in [-0.15, -0.1) is 0 Å². The van der Waals surface area contributed by atoms with Gasteiger partial charge in [0.25, 0.3) is 0 Å². The van der Waals surface area contributed by atoms with Crippen LogP contribution in [0.2, 0.25) is 0 Å². The average molecular weight is 2000 g/mol. The van der Waals surface area contributed by atoms with E-state index in [-0.39, 0.29) is 23.6 Å². The maximum Gasteiger partial charge on any atom is 0.221 e. The van der Waals surface area contributed by atoms with E-state index in [0.717, 1.165) is 104 Å². The number of amides is 4. The van der Waals surface area contributed by atoms with Crippen molar-refractivity contribution in [3.8, 4) is 0 Å². The highest BCUT2D eigenvalue weighted by molar-refractivity contribution is 5.77. The number of aliphatic imine (C=N–C) groups is 1. The molecule has 838 valence electrons. The lowest BCUT2D eigenvalue weighted by molar-refractivity contribution is -0.123. The lowest BCUT2D eigenvalue weighted by Gasteiger charge is -2.21. The lowest BCUT2D eigenvalue weighted by Crippen LogP contribution is -2.39. The molecule has 25 heteroatoms. The molecule has 0 fully saturated rings. The molecule has 0 aromatic carbocycles. The highest BCUT2D eigenvalue weighted by Crippen LogP contribution is 2.17. The van der Waals surface area contributed by atoms with E-state index < -0.39 is 0 Å². The molecule has 0 bridgehead atoms. The van der Waals surface area contributed by atoms with Crippen molar-refractivity contribution in [3.63, 3.8) is 0 Å². The third-order valence-corrected chi connectivity index (χ3v) is 25.6. The van der Waals surface area contributed by atoms with Crippen molar-refractivity contribution >= 4 is 29.8 Å². The number of nitrogens with two attached hydrogens (primary N) is 2. The molecule has 0 rings (SSSR count). The maximum atomic E-state index is 12.3. The van der Waals surface area contributed by atoms with Crippen molar-refractivity contribution in [2.24, 2.45) is 16.5 Å². The summed E-state index contributed by atoms with van der Waals surface area (Å²) in [6.45, 7) is 34.2. The Hall–Kier alpha value is -3.61. The number of allylic oxidation sites excluding steroid dienone is 4. The normalized spacial score (nSPS) is 11.6. The largest absolute Gasteiger partial charge is 0.366 e. The summed E-state index contributed by atoms with van der Waals surface area (Å²) in [5.74, 6) is 0.0406. The van der Waals surface area contributed by atoms with Gasteiger partial charge in [0.15, 0.2) is 0 Å². The molecular formula is C116H239N15O10. The van der Waals surface area contributed by atoms with Crippen molar-refractivity contribution in [1.82, 2.24) is 63.0 Å². The molecule has 0 aromatic rings. The fraction of sp³-hybridized carbons (Fsp3) is 0.922. The van der Waals surface area contributed by atoms with E-state index in [4.69, 9.17) is 39.9 Å². The fourth-order valence-electron chi connectivity index (χ4n) is 16.5. The molecule has 0 aromatic heterocycles. The van der Waals surface area contributed by atoms with Crippen LogP contribution >= 0.6 is 0 Å². The Balaban J connectivity index is -0.00000203. The minimum absolute atomic E-state index is 0.00924. The van der Waals surface area contributed by atoms with Crippen molar-refractivity contribution in [2.45, 2.75) is 491 Å². The standard InChI is InChI=1S/C40H84N6O4.C40H79N3O2.C36H76N6O4/c1-3-5-7-9-11-13-15-17-19-21-23-35-49-37-42-28-30-44-39(47)25-32-46(34-27-41)33-26-40(48)45-31-29-43-38-50-36-24-22-20-18-16-14-12-10-8-6-4-2;1-3-5-7-9-11-13-15-17-18-20-22-24-26-28-32-38-45-40-43-36-35-41-33-29-30-34-42-39-44-37-31-27-25-23-21-19-16-14-12-10-8-6-4-2;1-3-5-7-9-11-13-15-17-19-31-45-33-38-24-26-40-35(43)21-28-42(30-23-37)29-22-36(44)41-27-25-39-34-46-32-20-18-16-14-12-10-8-6-4-2/h42-43H,3-38,41H2,1-2H3,(H,44,47)(H,45,48);17-19,21,33,42-43H,3-16,20,22-32,34-40H2,1-2H3;38-39H,3-34,37H2,1-2H3,(H,40,43)(H,41,44)/b;18-17-,21-19-,41-33?;. The summed E-state index contributed by atoms with van der Waals surface area (Å²) in [4.78, 5) is 57.8. The van der Waals surface area contributed by atoms with Crippen LogP contribution in [0.5, 0.6) is 0 Å². The van der Waals surface area contributed by atoms with Crippen LogP contribution in [0.3, 0.4) is 0 Å². The van der Waals surface area contributed by atoms with Gasteiger partial charge in [-0.1, -0.05) is 387 Å². The van der Waals surface area contributed by atoms with Gasteiger partial charge in [-0.2, -0.15) is 0 Å².